The third-order valence-corrected chi connectivity index (χ3v) is 7.06. The number of amides is 2. The number of hydrogen-bond donors (Lipinski definition) is 0. The summed E-state index contributed by atoms with van der Waals surface area (Å²) in [7, 11) is 3.69. The average Bonchev–Trinajstić information content (AvgIpc) is 2.99. The Morgan fingerprint density at radius 1 is 1.12 bits per heavy atom. The largest absolute Gasteiger partial charge is 0.496 e. The number of allylic oxidation sites excluding steroid dienone is 1. The van der Waals surface area contributed by atoms with Crippen LogP contribution in [0.25, 0.3) is 11.6 Å². The molecule has 0 unspecified atom stereocenters. The van der Waals surface area contributed by atoms with Gasteiger partial charge in [0.15, 0.2) is 0 Å². The first-order valence-electron chi connectivity index (χ1n) is 10.6. The lowest BCUT2D eigenvalue weighted by Gasteiger charge is -2.41. The summed E-state index contributed by atoms with van der Waals surface area (Å²) in [5, 5.41) is -0.253. The molecule has 2 aromatic carbocycles. The lowest BCUT2D eigenvalue weighted by molar-refractivity contribution is -0.123. The van der Waals surface area contributed by atoms with Crippen molar-refractivity contribution >= 4 is 40.2 Å². The third kappa shape index (κ3) is 3.95. The van der Waals surface area contributed by atoms with Crippen LogP contribution in [0.1, 0.15) is 43.0 Å². The molecule has 0 N–H and O–H groups in total. The Hall–Kier alpha value is -2.99. The Balaban J connectivity index is 1.69. The van der Waals surface area contributed by atoms with Crippen molar-refractivity contribution in [3.63, 3.8) is 0 Å². The van der Waals surface area contributed by atoms with Gasteiger partial charge in [0.25, 0.3) is 11.1 Å². The maximum Gasteiger partial charge on any atom is 0.293 e. The van der Waals surface area contributed by atoms with Gasteiger partial charge < -0.3 is 9.64 Å². The van der Waals surface area contributed by atoms with Crippen LogP contribution >= 0.6 is 11.8 Å². The van der Waals surface area contributed by atoms with Crippen LogP contribution in [-0.4, -0.2) is 35.7 Å². The Labute approximate surface area is 193 Å². The molecular weight excluding hydrogens is 420 g/mol. The van der Waals surface area contributed by atoms with Crippen LogP contribution in [0.15, 0.2) is 47.4 Å². The molecule has 1 saturated heterocycles. The fourth-order valence-electron chi connectivity index (χ4n) is 4.25. The molecule has 2 heterocycles. The summed E-state index contributed by atoms with van der Waals surface area (Å²) >= 11 is 0.976. The van der Waals surface area contributed by atoms with E-state index in [0.717, 1.165) is 39.7 Å². The quantitative estimate of drug-likeness (QED) is 0.548. The van der Waals surface area contributed by atoms with E-state index in [0.29, 0.717) is 10.7 Å². The molecule has 166 valence electrons. The van der Waals surface area contributed by atoms with E-state index in [2.05, 4.69) is 38.8 Å². The van der Waals surface area contributed by atoms with Crippen molar-refractivity contribution in [2.75, 3.05) is 19.1 Å². The lowest BCUT2D eigenvalue weighted by Crippen LogP contribution is -2.42. The van der Waals surface area contributed by atoms with Gasteiger partial charge in [-0.2, -0.15) is 0 Å². The summed E-state index contributed by atoms with van der Waals surface area (Å²) in [5.74, 6) is 0.401. The molecular formula is C26H28N2O3S. The number of imide groups is 1. The predicted octanol–water partition coefficient (Wildman–Crippen LogP) is 5.87. The minimum absolute atomic E-state index is 0.109. The molecule has 4 rings (SSSR count). The van der Waals surface area contributed by atoms with Crippen LogP contribution in [0.5, 0.6) is 5.75 Å². The van der Waals surface area contributed by atoms with Gasteiger partial charge in [-0.25, -0.2) is 0 Å². The van der Waals surface area contributed by atoms with Gasteiger partial charge in [0.1, 0.15) is 5.75 Å². The molecule has 2 amide bonds. The number of benzene rings is 2. The molecule has 0 aliphatic carbocycles. The molecule has 0 bridgehead atoms. The standard InChI is InChI=1S/C26H28N2O3S/c1-16-8-7-9-18(10-16)15-28-24(29)23(32-25(28)30)12-19-11-20-17(2)14-26(3,4)27(5)21(20)13-22(19)31-6/h7-14H,15H2,1-6H3/b23-12+. The predicted molar refractivity (Wildman–Crippen MR) is 132 cm³/mol. The topological polar surface area (TPSA) is 49.9 Å². The van der Waals surface area contributed by atoms with Crippen molar-refractivity contribution < 1.29 is 14.3 Å². The highest BCUT2D eigenvalue weighted by Gasteiger charge is 2.35. The maximum absolute atomic E-state index is 13.1. The number of thioether (sulfide) groups is 1. The van der Waals surface area contributed by atoms with Gasteiger partial charge in [-0.05, 0) is 62.7 Å². The van der Waals surface area contributed by atoms with E-state index in [9.17, 15) is 9.59 Å². The van der Waals surface area contributed by atoms with E-state index >= 15 is 0 Å². The zero-order valence-corrected chi connectivity index (χ0v) is 20.2. The van der Waals surface area contributed by atoms with Crippen molar-refractivity contribution in [1.29, 1.82) is 0 Å². The molecule has 6 heteroatoms. The first-order chi connectivity index (χ1) is 15.1. The summed E-state index contributed by atoms with van der Waals surface area (Å²) in [6.45, 7) is 8.70. The molecule has 0 aromatic heterocycles. The number of nitrogens with zero attached hydrogens (tertiary/aromatic N) is 2. The summed E-state index contributed by atoms with van der Waals surface area (Å²) in [6, 6.07) is 11.9. The summed E-state index contributed by atoms with van der Waals surface area (Å²) < 4.78 is 5.66. The number of methoxy groups -OCH3 is 1. The minimum Gasteiger partial charge on any atom is -0.496 e. The van der Waals surface area contributed by atoms with E-state index in [1.807, 2.05) is 43.3 Å². The van der Waals surface area contributed by atoms with Gasteiger partial charge in [-0.1, -0.05) is 35.9 Å². The van der Waals surface area contributed by atoms with Gasteiger partial charge in [0.2, 0.25) is 0 Å². The van der Waals surface area contributed by atoms with Crippen LogP contribution in [0.3, 0.4) is 0 Å². The SMILES string of the molecule is COc1cc2c(cc1/C=C1/SC(=O)N(Cc3cccc(C)c3)C1=O)C(C)=CC(C)(C)N2C. The Morgan fingerprint density at radius 3 is 2.56 bits per heavy atom. The molecule has 32 heavy (non-hydrogen) atoms. The van der Waals surface area contributed by atoms with Crippen LogP contribution in [0.4, 0.5) is 10.5 Å². The Kier molecular flexibility index (Phi) is 5.67. The molecule has 0 atom stereocenters. The summed E-state index contributed by atoms with van der Waals surface area (Å²) in [4.78, 5) is 29.6. The van der Waals surface area contributed by atoms with Crippen LogP contribution in [-0.2, 0) is 11.3 Å². The molecule has 2 aliphatic rings. The first-order valence-corrected chi connectivity index (χ1v) is 11.4. The first kappa shape index (κ1) is 22.2. The number of anilines is 1. The van der Waals surface area contributed by atoms with E-state index in [1.165, 1.54) is 10.5 Å². The number of carbonyl (C=O) groups is 2. The van der Waals surface area contributed by atoms with Crippen LogP contribution < -0.4 is 9.64 Å². The van der Waals surface area contributed by atoms with E-state index < -0.39 is 0 Å². The zero-order valence-electron chi connectivity index (χ0n) is 19.4. The number of ether oxygens (including phenoxy) is 1. The summed E-state index contributed by atoms with van der Waals surface area (Å²) in [6.07, 6.45) is 4.01. The highest BCUT2D eigenvalue weighted by atomic mass is 32.2. The smallest absolute Gasteiger partial charge is 0.293 e. The van der Waals surface area contributed by atoms with Crippen molar-refractivity contribution in [1.82, 2.24) is 4.90 Å². The average molecular weight is 449 g/mol. The molecule has 5 nitrogen and oxygen atoms in total. The number of likely N-dealkylation sites (N-methyl/N-ethyl adjacent to an activating group) is 1. The molecule has 0 saturated carbocycles. The fourth-order valence-corrected chi connectivity index (χ4v) is 5.08. The normalized spacial score (nSPS) is 18.8. The lowest BCUT2D eigenvalue weighted by atomic mass is 9.88. The van der Waals surface area contributed by atoms with E-state index in [1.54, 1.807) is 13.2 Å². The Morgan fingerprint density at radius 2 is 1.88 bits per heavy atom. The van der Waals surface area contributed by atoms with Crippen molar-refractivity contribution in [2.45, 2.75) is 39.8 Å². The van der Waals surface area contributed by atoms with Crippen LogP contribution in [0.2, 0.25) is 0 Å². The molecule has 0 radical (unpaired) electrons. The molecule has 2 aromatic rings. The second kappa shape index (κ2) is 8.17. The van der Waals surface area contributed by atoms with Gasteiger partial charge in [-0.15, -0.1) is 0 Å². The van der Waals surface area contributed by atoms with Crippen LogP contribution in [0, 0.1) is 6.92 Å². The molecule has 1 fully saturated rings. The number of rotatable bonds is 4. The van der Waals surface area contributed by atoms with Crippen molar-refractivity contribution in [3.05, 3.63) is 69.6 Å². The second-order valence-electron chi connectivity index (χ2n) is 8.91. The van der Waals surface area contributed by atoms with Crippen molar-refractivity contribution in [2.24, 2.45) is 0 Å². The van der Waals surface area contributed by atoms with E-state index in [-0.39, 0.29) is 23.2 Å². The van der Waals surface area contributed by atoms with Gasteiger partial charge in [0.05, 0.1) is 24.1 Å². The number of carbonyl (C=O) groups excluding carboxylic acids is 2. The Bertz CT molecular complexity index is 1180. The minimum atomic E-state index is -0.271. The number of fused-ring (bicyclic) bond motifs is 1. The van der Waals surface area contributed by atoms with Gasteiger partial charge in [0, 0.05) is 29.9 Å². The molecule has 0 spiro atoms. The number of aryl methyl sites for hydroxylation is 1. The monoisotopic (exact) mass is 448 g/mol. The van der Waals surface area contributed by atoms with Gasteiger partial charge >= 0.3 is 0 Å². The summed E-state index contributed by atoms with van der Waals surface area (Å²) in [5.41, 5.74) is 6.06. The highest BCUT2D eigenvalue weighted by Crippen LogP contribution is 2.43. The van der Waals surface area contributed by atoms with E-state index in [4.69, 9.17) is 4.74 Å². The fraction of sp³-hybridized carbons (Fsp3) is 0.308. The number of hydrogen-bond acceptors (Lipinski definition) is 5. The van der Waals surface area contributed by atoms with Crippen molar-refractivity contribution in [3.8, 4) is 5.75 Å². The molecule has 2 aliphatic heterocycles. The zero-order chi connectivity index (χ0) is 23.2. The second-order valence-corrected chi connectivity index (χ2v) is 9.90. The highest BCUT2D eigenvalue weighted by molar-refractivity contribution is 8.18. The maximum atomic E-state index is 13.1. The van der Waals surface area contributed by atoms with Gasteiger partial charge in [-0.3, -0.25) is 14.5 Å². The third-order valence-electron chi connectivity index (χ3n) is 6.15.